The van der Waals surface area contributed by atoms with Crippen LogP contribution in [-0.4, -0.2) is 101 Å². The highest BCUT2D eigenvalue weighted by molar-refractivity contribution is 6.01. The fourth-order valence-corrected chi connectivity index (χ4v) is 6.05. The monoisotopic (exact) mass is 713 g/mol. The second-order valence-corrected chi connectivity index (χ2v) is 14.6. The molecule has 0 atom stereocenters. The predicted molar refractivity (Wildman–Crippen MR) is 189 cm³/mol. The lowest BCUT2D eigenvalue weighted by molar-refractivity contribution is -0.136. The summed E-state index contributed by atoms with van der Waals surface area (Å²) in [7, 11) is 0. The Kier molecular flexibility index (Phi) is 10.6. The molecule has 0 spiro atoms. The van der Waals surface area contributed by atoms with Crippen molar-refractivity contribution in [2.45, 2.75) is 65.8 Å². The van der Waals surface area contributed by atoms with Crippen molar-refractivity contribution in [2.24, 2.45) is 0 Å². The molecule has 1 aromatic heterocycles. The first-order chi connectivity index (χ1) is 23.8. The number of alkyl halides is 3. The molecule has 0 saturated carbocycles. The van der Waals surface area contributed by atoms with Gasteiger partial charge in [0.2, 0.25) is 5.91 Å². The van der Waals surface area contributed by atoms with Gasteiger partial charge in [0.15, 0.2) is 5.82 Å². The SMILES string of the molecule is CC(=O)N(c1c(Nc2ccc(N3CCN(C(=O)OC(C)(C)C)CC3)cc2)nc2ccccc2c1C(F)(F)F)N1CCN(C(=O)OC(C)(C)C)CC1. The van der Waals surface area contributed by atoms with Gasteiger partial charge in [-0.15, -0.1) is 0 Å². The van der Waals surface area contributed by atoms with Gasteiger partial charge < -0.3 is 29.5 Å². The van der Waals surface area contributed by atoms with Gasteiger partial charge in [0.05, 0.1) is 11.1 Å². The number of para-hydroxylation sites is 1. The molecule has 276 valence electrons. The van der Waals surface area contributed by atoms with Gasteiger partial charge in [-0.2, -0.15) is 13.2 Å². The maximum Gasteiger partial charge on any atom is 0.419 e. The van der Waals surface area contributed by atoms with E-state index in [4.69, 9.17) is 9.47 Å². The van der Waals surface area contributed by atoms with E-state index in [0.717, 1.165) is 10.7 Å². The van der Waals surface area contributed by atoms with Gasteiger partial charge in [0.1, 0.15) is 16.9 Å². The number of carbonyl (C=O) groups excluding carboxylic acids is 3. The number of halogens is 3. The summed E-state index contributed by atoms with van der Waals surface area (Å²) in [5, 5.41) is 5.46. The molecule has 12 nitrogen and oxygen atoms in total. The number of fused-ring (bicyclic) bond motifs is 1. The van der Waals surface area contributed by atoms with Crippen LogP contribution in [0, 0.1) is 0 Å². The summed E-state index contributed by atoms with van der Waals surface area (Å²) in [5.74, 6) is -0.795. The van der Waals surface area contributed by atoms with E-state index in [9.17, 15) is 14.4 Å². The van der Waals surface area contributed by atoms with Crippen LogP contribution in [0.2, 0.25) is 0 Å². The minimum atomic E-state index is -4.86. The lowest BCUT2D eigenvalue weighted by atomic mass is 10.0. The fourth-order valence-electron chi connectivity index (χ4n) is 6.05. The van der Waals surface area contributed by atoms with Crippen LogP contribution < -0.4 is 15.2 Å². The molecule has 51 heavy (non-hydrogen) atoms. The van der Waals surface area contributed by atoms with Gasteiger partial charge in [-0.05, 0) is 71.9 Å². The molecule has 0 aliphatic carbocycles. The zero-order chi connectivity index (χ0) is 37.3. The van der Waals surface area contributed by atoms with E-state index < -0.39 is 40.6 Å². The molecule has 3 heterocycles. The molecule has 3 amide bonds. The highest BCUT2D eigenvalue weighted by Gasteiger charge is 2.42. The smallest absolute Gasteiger partial charge is 0.419 e. The number of anilines is 4. The molecule has 0 radical (unpaired) electrons. The summed E-state index contributed by atoms with van der Waals surface area (Å²) in [6.45, 7) is 14.5. The molecule has 2 aliphatic heterocycles. The molecule has 5 rings (SSSR count). The van der Waals surface area contributed by atoms with Crippen molar-refractivity contribution >= 4 is 51.9 Å². The first kappa shape index (κ1) is 37.5. The second-order valence-electron chi connectivity index (χ2n) is 14.6. The molecule has 1 N–H and O–H groups in total. The quantitative estimate of drug-likeness (QED) is 0.303. The van der Waals surface area contributed by atoms with Gasteiger partial charge in [-0.1, -0.05) is 18.2 Å². The normalized spacial score (nSPS) is 16.2. The number of nitrogens with one attached hydrogen (secondary N) is 1. The van der Waals surface area contributed by atoms with Crippen molar-refractivity contribution in [3.63, 3.8) is 0 Å². The first-order valence-electron chi connectivity index (χ1n) is 16.9. The molecule has 2 aliphatic rings. The number of hydrogen-bond donors (Lipinski definition) is 1. The van der Waals surface area contributed by atoms with E-state index in [1.807, 2.05) is 32.9 Å². The number of ether oxygens (including phenoxy) is 2. The fraction of sp³-hybridized carbons (Fsp3) is 0.500. The van der Waals surface area contributed by atoms with Crippen LogP contribution in [0.25, 0.3) is 10.9 Å². The van der Waals surface area contributed by atoms with E-state index in [1.165, 1.54) is 35.0 Å². The number of hydrogen-bond acceptors (Lipinski definition) is 9. The highest BCUT2D eigenvalue weighted by Crippen LogP contribution is 2.46. The largest absolute Gasteiger partial charge is 0.444 e. The van der Waals surface area contributed by atoms with Gasteiger partial charge in [-0.3, -0.25) is 4.79 Å². The number of amides is 3. The number of carbonyl (C=O) groups is 3. The van der Waals surface area contributed by atoms with Crippen molar-refractivity contribution in [2.75, 3.05) is 67.6 Å². The van der Waals surface area contributed by atoms with Crippen molar-refractivity contribution in [1.82, 2.24) is 19.8 Å². The van der Waals surface area contributed by atoms with E-state index in [2.05, 4.69) is 15.2 Å². The van der Waals surface area contributed by atoms with Crippen LogP contribution in [-0.2, 0) is 20.4 Å². The van der Waals surface area contributed by atoms with Crippen LogP contribution in [0.5, 0.6) is 0 Å². The van der Waals surface area contributed by atoms with Crippen LogP contribution >= 0.6 is 0 Å². The van der Waals surface area contributed by atoms with E-state index in [-0.39, 0.29) is 49.0 Å². The second kappa shape index (κ2) is 14.4. The summed E-state index contributed by atoms with van der Waals surface area (Å²) in [4.78, 5) is 48.4. The van der Waals surface area contributed by atoms with E-state index >= 15 is 13.2 Å². The summed E-state index contributed by atoms with van der Waals surface area (Å²) in [6, 6.07) is 13.1. The van der Waals surface area contributed by atoms with Crippen LogP contribution in [0.3, 0.4) is 0 Å². The highest BCUT2D eigenvalue weighted by atomic mass is 19.4. The Morgan fingerprint density at radius 2 is 1.25 bits per heavy atom. The summed E-state index contributed by atoms with van der Waals surface area (Å²) in [5.41, 5.74) is -1.29. The standard InChI is InChI=1S/C36H46F3N7O5/c1-24(47)46(45-22-20-44(21-23-45)33(49)51-35(5,6)7)30-29(36(37,38)39)27-10-8-9-11-28(27)41-31(30)40-25-12-14-26(15-13-25)42-16-18-43(19-17-42)32(48)50-34(2,3)4/h8-15H,16-23H2,1-7H3,(H,40,41). The van der Waals surface area contributed by atoms with Gasteiger partial charge in [-0.25, -0.2) is 24.6 Å². The van der Waals surface area contributed by atoms with Crippen LogP contribution in [0.4, 0.5) is 45.6 Å². The summed E-state index contributed by atoms with van der Waals surface area (Å²) < 4.78 is 56.3. The molecule has 0 unspecified atom stereocenters. The van der Waals surface area contributed by atoms with Gasteiger partial charge in [0, 0.05) is 76.0 Å². The first-order valence-corrected chi connectivity index (χ1v) is 16.9. The Morgan fingerprint density at radius 1 is 0.745 bits per heavy atom. The minimum Gasteiger partial charge on any atom is -0.444 e. The van der Waals surface area contributed by atoms with Crippen molar-refractivity contribution in [1.29, 1.82) is 0 Å². The third-order valence-corrected chi connectivity index (χ3v) is 8.28. The van der Waals surface area contributed by atoms with Crippen molar-refractivity contribution in [3.05, 3.63) is 54.1 Å². The van der Waals surface area contributed by atoms with E-state index in [0.29, 0.717) is 31.9 Å². The third-order valence-electron chi connectivity index (χ3n) is 8.28. The van der Waals surface area contributed by atoms with Gasteiger partial charge in [0.25, 0.3) is 0 Å². The number of pyridine rings is 1. The molecular formula is C36H46F3N7O5. The summed E-state index contributed by atoms with van der Waals surface area (Å²) >= 11 is 0. The molecule has 2 fully saturated rings. The number of aromatic nitrogens is 1. The number of benzene rings is 2. The lowest BCUT2D eigenvalue weighted by Crippen LogP contribution is -2.57. The Balaban J connectivity index is 1.43. The van der Waals surface area contributed by atoms with Gasteiger partial charge >= 0.3 is 18.4 Å². The zero-order valence-corrected chi connectivity index (χ0v) is 30.1. The molecule has 2 aromatic carbocycles. The molecule has 15 heteroatoms. The maximum atomic E-state index is 15.1. The number of rotatable bonds is 5. The topological polar surface area (TPSA) is 111 Å². The lowest BCUT2D eigenvalue weighted by Gasteiger charge is -2.41. The Morgan fingerprint density at radius 3 is 1.75 bits per heavy atom. The average molecular weight is 714 g/mol. The summed E-state index contributed by atoms with van der Waals surface area (Å²) in [6.07, 6.45) is -5.75. The number of nitrogens with zero attached hydrogens (tertiary/aromatic N) is 6. The third kappa shape index (κ3) is 9.12. The van der Waals surface area contributed by atoms with Crippen molar-refractivity contribution in [3.8, 4) is 0 Å². The Hall–Kier alpha value is -4.79. The number of piperazine rings is 2. The molecule has 3 aromatic rings. The zero-order valence-electron chi connectivity index (χ0n) is 30.1. The Labute approximate surface area is 296 Å². The molecule has 2 saturated heterocycles. The van der Waals surface area contributed by atoms with E-state index in [1.54, 1.807) is 43.9 Å². The van der Waals surface area contributed by atoms with Crippen LogP contribution in [0.1, 0.15) is 54.0 Å². The van der Waals surface area contributed by atoms with Crippen molar-refractivity contribution < 1.29 is 37.0 Å². The Bertz CT molecular complexity index is 1740. The predicted octanol–water partition coefficient (Wildman–Crippen LogP) is 6.87. The molecular weight excluding hydrogens is 667 g/mol. The number of hydrazine groups is 1. The average Bonchev–Trinajstić information content (AvgIpc) is 3.03. The van der Waals surface area contributed by atoms with Crippen LogP contribution in [0.15, 0.2) is 48.5 Å². The molecule has 0 bridgehead atoms. The maximum absolute atomic E-state index is 15.1. The minimum absolute atomic E-state index is 0.0816.